The van der Waals surface area contributed by atoms with Crippen molar-refractivity contribution in [3.05, 3.63) is 29.3 Å². The highest BCUT2D eigenvalue weighted by atomic mass is 35.5. The van der Waals surface area contributed by atoms with Crippen molar-refractivity contribution >= 4 is 29.1 Å². The number of carbonyl (C=O) groups is 2. The van der Waals surface area contributed by atoms with Crippen LogP contribution >= 0.6 is 11.6 Å². The van der Waals surface area contributed by atoms with Gasteiger partial charge in [0.25, 0.3) is 0 Å². The molecular formula is C19H28ClN3O3. The van der Waals surface area contributed by atoms with E-state index in [0.29, 0.717) is 31.3 Å². The zero-order valence-electron chi connectivity index (χ0n) is 15.8. The molecule has 0 aliphatic carbocycles. The molecule has 1 saturated heterocycles. The topological polar surface area (TPSA) is 61.9 Å². The summed E-state index contributed by atoms with van der Waals surface area (Å²) in [4.78, 5) is 29.2. The second kappa shape index (κ2) is 9.24. The van der Waals surface area contributed by atoms with Crippen molar-refractivity contribution in [1.82, 2.24) is 10.2 Å². The van der Waals surface area contributed by atoms with E-state index in [9.17, 15) is 9.59 Å². The highest BCUT2D eigenvalue weighted by Crippen LogP contribution is 2.24. The molecule has 1 aromatic rings. The van der Waals surface area contributed by atoms with Crippen LogP contribution in [0.4, 0.5) is 5.69 Å². The van der Waals surface area contributed by atoms with Gasteiger partial charge in [-0.25, -0.2) is 0 Å². The summed E-state index contributed by atoms with van der Waals surface area (Å²) in [5.74, 6) is -0.372. The molecule has 1 heterocycles. The first-order valence-electron chi connectivity index (χ1n) is 8.93. The summed E-state index contributed by atoms with van der Waals surface area (Å²) >= 11 is 6.06. The van der Waals surface area contributed by atoms with Gasteiger partial charge in [-0.1, -0.05) is 17.7 Å². The van der Waals surface area contributed by atoms with Crippen LogP contribution in [0.2, 0.25) is 5.02 Å². The van der Waals surface area contributed by atoms with Gasteiger partial charge in [-0.3, -0.25) is 9.59 Å². The average molecular weight is 382 g/mol. The molecule has 1 aliphatic rings. The SMILES string of the molecule is COCCCNC(=O)C(C)(C)C(=O)N1CCN(c2cccc(Cl)c2)CC1. The van der Waals surface area contributed by atoms with Crippen LogP contribution in [-0.2, 0) is 14.3 Å². The summed E-state index contributed by atoms with van der Waals surface area (Å²) in [6, 6.07) is 7.71. The normalized spacial score (nSPS) is 15.1. The first kappa shape index (κ1) is 20.5. The van der Waals surface area contributed by atoms with Gasteiger partial charge in [-0.2, -0.15) is 0 Å². The molecular weight excluding hydrogens is 354 g/mol. The van der Waals surface area contributed by atoms with Crippen molar-refractivity contribution in [3.8, 4) is 0 Å². The van der Waals surface area contributed by atoms with Crippen LogP contribution in [0, 0.1) is 5.41 Å². The van der Waals surface area contributed by atoms with E-state index in [-0.39, 0.29) is 11.8 Å². The summed E-state index contributed by atoms with van der Waals surface area (Å²) in [5.41, 5.74) is -0.0228. The number of amides is 2. The number of anilines is 1. The predicted molar refractivity (Wildman–Crippen MR) is 104 cm³/mol. The van der Waals surface area contributed by atoms with Crippen molar-refractivity contribution in [3.63, 3.8) is 0 Å². The first-order valence-corrected chi connectivity index (χ1v) is 9.31. The molecule has 0 atom stereocenters. The number of hydrogen-bond donors (Lipinski definition) is 1. The van der Waals surface area contributed by atoms with Crippen molar-refractivity contribution in [1.29, 1.82) is 0 Å². The third kappa shape index (κ3) is 5.11. The lowest BCUT2D eigenvalue weighted by atomic mass is 9.90. The van der Waals surface area contributed by atoms with Gasteiger partial charge in [0.05, 0.1) is 0 Å². The highest BCUT2D eigenvalue weighted by Gasteiger charge is 2.39. The lowest BCUT2D eigenvalue weighted by Gasteiger charge is -2.39. The van der Waals surface area contributed by atoms with Gasteiger partial charge >= 0.3 is 0 Å². The number of hydrogen-bond acceptors (Lipinski definition) is 4. The lowest BCUT2D eigenvalue weighted by Crippen LogP contribution is -2.55. The molecule has 7 heteroatoms. The lowest BCUT2D eigenvalue weighted by molar-refractivity contribution is -0.148. The van der Waals surface area contributed by atoms with E-state index in [1.54, 1.807) is 25.9 Å². The van der Waals surface area contributed by atoms with Gasteiger partial charge in [-0.15, -0.1) is 0 Å². The molecule has 26 heavy (non-hydrogen) atoms. The van der Waals surface area contributed by atoms with Crippen molar-refractivity contribution < 1.29 is 14.3 Å². The first-order chi connectivity index (χ1) is 12.4. The summed E-state index contributed by atoms with van der Waals surface area (Å²) in [6.45, 7) is 7.08. The van der Waals surface area contributed by atoms with E-state index in [2.05, 4.69) is 10.2 Å². The van der Waals surface area contributed by atoms with Gasteiger partial charge < -0.3 is 19.9 Å². The minimum absolute atomic E-state index is 0.132. The maximum atomic E-state index is 12.8. The third-order valence-corrected chi connectivity index (χ3v) is 4.89. The Kier molecular flexibility index (Phi) is 7.29. The number of rotatable bonds is 7. The monoisotopic (exact) mass is 381 g/mol. The third-order valence-electron chi connectivity index (χ3n) is 4.65. The zero-order valence-corrected chi connectivity index (χ0v) is 16.5. The second-order valence-corrected chi connectivity index (χ2v) is 7.42. The molecule has 2 amide bonds. The van der Waals surface area contributed by atoms with E-state index in [0.717, 1.165) is 25.2 Å². The van der Waals surface area contributed by atoms with E-state index in [4.69, 9.17) is 16.3 Å². The molecule has 0 unspecified atom stereocenters. The smallest absolute Gasteiger partial charge is 0.237 e. The fourth-order valence-electron chi connectivity index (χ4n) is 2.97. The van der Waals surface area contributed by atoms with Crippen LogP contribution in [0.3, 0.4) is 0 Å². The number of benzene rings is 1. The summed E-state index contributed by atoms with van der Waals surface area (Å²) in [6.07, 6.45) is 0.727. The molecule has 1 aliphatic heterocycles. The molecule has 1 fully saturated rings. The minimum atomic E-state index is -1.08. The minimum Gasteiger partial charge on any atom is -0.385 e. The average Bonchev–Trinajstić information content (AvgIpc) is 2.64. The van der Waals surface area contributed by atoms with Crippen molar-refractivity contribution in [2.45, 2.75) is 20.3 Å². The molecule has 144 valence electrons. The van der Waals surface area contributed by atoms with E-state index in [1.165, 1.54) is 0 Å². The number of nitrogens with one attached hydrogen (secondary N) is 1. The number of carbonyl (C=O) groups excluding carboxylic acids is 2. The number of piperazine rings is 1. The van der Waals surface area contributed by atoms with Crippen LogP contribution in [0.1, 0.15) is 20.3 Å². The predicted octanol–water partition coefficient (Wildman–Crippen LogP) is 2.17. The summed E-state index contributed by atoms with van der Waals surface area (Å²) in [7, 11) is 1.62. The van der Waals surface area contributed by atoms with Crippen LogP contribution in [0.5, 0.6) is 0 Å². The van der Waals surface area contributed by atoms with Crippen molar-refractivity contribution in [2.75, 3.05) is 51.3 Å². The molecule has 0 radical (unpaired) electrons. The Labute approximate surface area is 160 Å². The van der Waals surface area contributed by atoms with Gasteiger partial charge in [0, 0.05) is 57.2 Å². The molecule has 0 bridgehead atoms. The Hall–Kier alpha value is -1.79. The second-order valence-electron chi connectivity index (χ2n) is 6.99. The largest absolute Gasteiger partial charge is 0.385 e. The summed E-state index contributed by atoms with van der Waals surface area (Å²) < 4.78 is 4.97. The zero-order chi connectivity index (χ0) is 19.2. The Morgan fingerprint density at radius 3 is 2.54 bits per heavy atom. The number of halogens is 1. The van der Waals surface area contributed by atoms with E-state index in [1.807, 2.05) is 24.3 Å². The number of ether oxygens (including phenoxy) is 1. The maximum absolute atomic E-state index is 12.8. The van der Waals surface area contributed by atoms with Gasteiger partial charge in [-0.05, 0) is 38.5 Å². The Morgan fingerprint density at radius 1 is 1.23 bits per heavy atom. The number of nitrogens with zero attached hydrogens (tertiary/aromatic N) is 2. The van der Waals surface area contributed by atoms with Gasteiger partial charge in [0.15, 0.2) is 0 Å². The number of methoxy groups -OCH3 is 1. The van der Waals surface area contributed by atoms with E-state index >= 15 is 0 Å². The molecule has 1 N–H and O–H groups in total. The molecule has 6 nitrogen and oxygen atoms in total. The molecule has 0 spiro atoms. The Bertz CT molecular complexity index is 628. The quantitative estimate of drug-likeness (QED) is 0.580. The van der Waals surface area contributed by atoms with E-state index < -0.39 is 5.41 Å². The molecule has 2 rings (SSSR count). The van der Waals surface area contributed by atoms with Gasteiger partial charge in [0.1, 0.15) is 5.41 Å². The molecule has 1 aromatic carbocycles. The van der Waals surface area contributed by atoms with Crippen LogP contribution < -0.4 is 10.2 Å². The van der Waals surface area contributed by atoms with Crippen LogP contribution in [-0.4, -0.2) is 63.2 Å². The highest BCUT2D eigenvalue weighted by molar-refractivity contribution is 6.30. The van der Waals surface area contributed by atoms with Crippen LogP contribution in [0.15, 0.2) is 24.3 Å². The summed E-state index contributed by atoms with van der Waals surface area (Å²) in [5, 5.41) is 3.53. The van der Waals surface area contributed by atoms with Crippen LogP contribution in [0.25, 0.3) is 0 Å². The Morgan fingerprint density at radius 2 is 1.92 bits per heavy atom. The molecule has 0 saturated carbocycles. The molecule has 0 aromatic heterocycles. The standard InChI is InChI=1S/C19H28ClN3O3/c1-19(2,17(24)21-8-5-13-26-3)18(25)23-11-9-22(10-12-23)16-7-4-6-15(20)14-16/h4,6-7,14H,5,8-13H2,1-3H3,(H,21,24). The Balaban J connectivity index is 1.89. The van der Waals surface area contributed by atoms with Gasteiger partial charge in [0.2, 0.25) is 11.8 Å². The maximum Gasteiger partial charge on any atom is 0.237 e. The fraction of sp³-hybridized carbons (Fsp3) is 0.579. The van der Waals surface area contributed by atoms with Crippen molar-refractivity contribution in [2.24, 2.45) is 5.41 Å². The fourth-order valence-corrected chi connectivity index (χ4v) is 3.16.